The van der Waals surface area contributed by atoms with Crippen molar-refractivity contribution >= 4 is 5.91 Å². The predicted molar refractivity (Wildman–Crippen MR) is 84.0 cm³/mol. The van der Waals surface area contributed by atoms with Crippen LogP contribution in [0.2, 0.25) is 0 Å². The number of amides is 1. The maximum absolute atomic E-state index is 12.3. The number of hydrogen-bond donors (Lipinski definition) is 2. The lowest BCUT2D eigenvalue weighted by molar-refractivity contribution is -0.123. The Hall–Kier alpha value is -1.59. The molecule has 0 saturated carbocycles. The van der Waals surface area contributed by atoms with Crippen molar-refractivity contribution in [2.45, 2.75) is 38.3 Å². The molecule has 22 heavy (non-hydrogen) atoms. The molecule has 2 aliphatic rings. The van der Waals surface area contributed by atoms with E-state index in [2.05, 4.69) is 29.7 Å². The van der Waals surface area contributed by atoms with Crippen molar-refractivity contribution < 1.29 is 14.3 Å². The zero-order valence-electron chi connectivity index (χ0n) is 13.1. The summed E-state index contributed by atoms with van der Waals surface area (Å²) in [5.41, 5.74) is 2.31. The minimum atomic E-state index is 0.0484. The minimum absolute atomic E-state index is 0.0484. The molecule has 3 rings (SSSR count). The molecule has 1 aromatic carbocycles. The molecular formula is C17H24N2O3. The predicted octanol–water partition coefficient (Wildman–Crippen LogP) is 1.57. The molecular weight excluding hydrogens is 280 g/mol. The van der Waals surface area contributed by atoms with Crippen LogP contribution in [0.3, 0.4) is 0 Å². The maximum Gasteiger partial charge on any atom is 0.222 e. The number of carbonyl (C=O) groups is 1. The van der Waals surface area contributed by atoms with E-state index in [4.69, 9.17) is 9.47 Å². The van der Waals surface area contributed by atoms with Crippen LogP contribution in [0, 0.1) is 0 Å². The Morgan fingerprint density at radius 1 is 1.41 bits per heavy atom. The average Bonchev–Trinajstić information content (AvgIpc) is 2.55. The molecule has 0 spiro atoms. The summed E-state index contributed by atoms with van der Waals surface area (Å²) >= 11 is 0. The molecule has 0 bridgehead atoms. The van der Waals surface area contributed by atoms with Gasteiger partial charge in [-0.15, -0.1) is 0 Å². The minimum Gasteiger partial charge on any atom is -0.493 e. The number of hydrogen-bond acceptors (Lipinski definition) is 4. The van der Waals surface area contributed by atoms with Gasteiger partial charge in [-0.2, -0.15) is 0 Å². The zero-order chi connectivity index (χ0) is 15.4. The molecule has 2 N–H and O–H groups in total. The summed E-state index contributed by atoms with van der Waals surface area (Å²) in [6.07, 6.45) is 2.22. The number of nitrogens with one attached hydrogen (secondary N) is 2. The smallest absolute Gasteiger partial charge is 0.222 e. The van der Waals surface area contributed by atoms with E-state index in [1.807, 2.05) is 6.07 Å². The summed E-state index contributed by atoms with van der Waals surface area (Å²) in [6.45, 7) is 4.93. The Kier molecular flexibility index (Phi) is 4.95. The normalized spacial score (nSPS) is 24.2. The monoisotopic (exact) mass is 304 g/mol. The second-order valence-corrected chi connectivity index (χ2v) is 5.88. The number of aryl methyl sites for hydroxylation is 1. The topological polar surface area (TPSA) is 59.6 Å². The van der Waals surface area contributed by atoms with Gasteiger partial charge in [0, 0.05) is 31.0 Å². The van der Waals surface area contributed by atoms with Gasteiger partial charge in [0.25, 0.3) is 0 Å². The summed E-state index contributed by atoms with van der Waals surface area (Å²) in [4.78, 5) is 12.3. The SMILES string of the molecule is CCc1cccc2c1OCCC2NC(=O)CC1COCCN1. The lowest BCUT2D eigenvalue weighted by Crippen LogP contribution is -2.45. The van der Waals surface area contributed by atoms with E-state index in [1.165, 1.54) is 5.56 Å². The lowest BCUT2D eigenvalue weighted by atomic mass is 9.96. The highest BCUT2D eigenvalue weighted by atomic mass is 16.5. The molecule has 2 heterocycles. The Labute approximate surface area is 131 Å². The lowest BCUT2D eigenvalue weighted by Gasteiger charge is -2.29. The van der Waals surface area contributed by atoms with Crippen molar-refractivity contribution in [1.29, 1.82) is 0 Å². The first-order valence-electron chi connectivity index (χ1n) is 8.13. The quantitative estimate of drug-likeness (QED) is 0.886. The molecule has 2 atom stereocenters. The summed E-state index contributed by atoms with van der Waals surface area (Å²) in [5, 5.41) is 6.47. The number of para-hydroxylation sites is 1. The van der Waals surface area contributed by atoms with Crippen LogP contribution in [0.15, 0.2) is 18.2 Å². The van der Waals surface area contributed by atoms with E-state index in [0.29, 0.717) is 19.6 Å². The average molecular weight is 304 g/mol. The number of morpholine rings is 1. The fraction of sp³-hybridized carbons (Fsp3) is 0.588. The number of ether oxygens (including phenoxy) is 2. The van der Waals surface area contributed by atoms with E-state index in [9.17, 15) is 4.79 Å². The van der Waals surface area contributed by atoms with Crippen LogP contribution in [0.5, 0.6) is 5.75 Å². The Bertz CT molecular complexity index is 527. The molecule has 5 nitrogen and oxygen atoms in total. The van der Waals surface area contributed by atoms with E-state index >= 15 is 0 Å². The third kappa shape index (κ3) is 3.42. The van der Waals surface area contributed by atoms with Gasteiger partial charge >= 0.3 is 0 Å². The van der Waals surface area contributed by atoms with E-state index in [0.717, 1.165) is 37.3 Å². The third-order valence-corrected chi connectivity index (χ3v) is 4.30. The van der Waals surface area contributed by atoms with E-state index < -0.39 is 0 Å². The van der Waals surface area contributed by atoms with Crippen LogP contribution in [-0.2, 0) is 16.0 Å². The number of benzene rings is 1. The molecule has 1 saturated heterocycles. The molecule has 5 heteroatoms. The van der Waals surface area contributed by atoms with Gasteiger partial charge in [0.15, 0.2) is 0 Å². The molecule has 120 valence electrons. The Balaban J connectivity index is 1.65. The highest BCUT2D eigenvalue weighted by molar-refractivity contribution is 5.77. The van der Waals surface area contributed by atoms with Crippen LogP contribution >= 0.6 is 0 Å². The molecule has 1 aromatic rings. The van der Waals surface area contributed by atoms with Gasteiger partial charge in [0.2, 0.25) is 5.91 Å². The van der Waals surface area contributed by atoms with Gasteiger partial charge in [0.05, 0.1) is 25.9 Å². The number of rotatable bonds is 4. The van der Waals surface area contributed by atoms with Gasteiger partial charge in [0.1, 0.15) is 5.75 Å². The highest BCUT2D eigenvalue weighted by Gasteiger charge is 2.25. The maximum atomic E-state index is 12.3. The summed E-state index contributed by atoms with van der Waals surface area (Å²) < 4.78 is 11.2. The largest absolute Gasteiger partial charge is 0.493 e. The van der Waals surface area contributed by atoms with Crippen molar-refractivity contribution in [3.8, 4) is 5.75 Å². The standard InChI is InChI=1S/C17H24N2O3/c1-2-12-4-3-5-14-15(6-8-22-17(12)14)19-16(20)10-13-11-21-9-7-18-13/h3-5,13,15,18H,2,6-11H2,1H3,(H,19,20). The summed E-state index contributed by atoms with van der Waals surface area (Å²) in [5.74, 6) is 1.03. The van der Waals surface area contributed by atoms with Gasteiger partial charge in [-0.3, -0.25) is 4.79 Å². The van der Waals surface area contributed by atoms with Crippen molar-refractivity contribution in [2.75, 3.05) is 26.4 Å². The third-order valence-electron chi connectivity index (χ3n) is 4.30. The van der Waals surface area contributed by atoms with E-state index in [-0.39, 0.29) is 18.0 Å². The van der Waals surface area contributed by atoms with Crippen molar-refractivity contribution in [3.63, 3.8) is 0 Å². The van der Waals surface area contributed by atoms with Crippen molar-refractivity contribution in [1.82, 2.24) is 10.6 Å². The fourth-order valence-corrected chi connectivity index (χ4v) is 3.15. The summed E-state index contributed by atoms with van der Waals surface area (Å²) in [6, 6.07) is 6.36. The van der Waals surface area contributed by atoms with Gasteiger partial charge in [-0.25, -0.2) is 0 Å². The van der Waals surface area contributed by atoms with Gasteiger partial charge in [-0.05, 0) is 12.0 Å². The molecule has 2 aliphatic heterocycles. The zero-order valence-corrected chi connectivity index (χ0v) is 13.1. The molecule has 0 aliphatic carbocycles. The van der Waals surface area contributed by atoms with Crippen LogP contribution in [0.25, 0.3) is 0 Å². The number of carbonyl (C=O) groups excluding carboxylic acids is 1. The van der Waals surface area contributed by atoms with Crippen LogP contribution in [-0.4, -0.2) is 38.3 Å². The van der Waals surface area contributed by atoms with Crippen molar-refractivity contribution in [3.05, 3.63) is 29.3 Å². The second-order valence-electron chi connectivity index (χ2n) is 5.88. The van der Waals surface area contributed by atoms with Crippen LogP contribution < -0.4 is 15.4 Å². The molecule has 1 amide bonds. The first-order chi connectivity index (χ1) is 10.8. The highest BCUT2D eigenvalue weighted by Crippen LogP contribution is 2.35. The fourth-order valence-electron chi connectivity index (χ4n) is 3.15. The molecule has 2 unspecified atom stereocenters. The van der Waals surface area contributed by atoms with Crippen LogP contribution in [0.4, 0.5) is 0 Å². The molecule has 0 aromatic heterocycles. The van der Waals surface area contributed by atoms with Gasteiger partial charge < -0.3 is 20.1 Å². The molecule has 1 fully saturated rings. The Morgan fingerprint density at radius 3 is 3.09 bits per heavy atom. The first-order valence-corrected chi connectivity index (χ1v) is 8.13. The van der Waals surface area contributed by atoms with Crippen LogP contribution in [0.1, 0.15) is 36.9 Å². The number of fused-ring (bicyclic) bond motifs is 1. The first kappa shape index (κ1) is 15.3. The van der Waals surface area contributed by atoms with Crippen molar-refractivity contribution in [2.24, 2.45) is 0 Å². The van der Waals surface area contributed by atoms with E-state index in [1.54, 1.807) is 0 Å². The van der Waals surface area contributed by atoms with Gasteiger partial charge in [-0.1, -0.05) is 25.1 Å². The second kappa shape index (κ2) is 7.11. The Morgan fingerprint density at radius 2 is 2.32 bits per heavy atom. The molecule has 0 radical (unpaired) electrons. The summed E-state index contributed by atoms with van der Waals surface area (Å²) in [7, 11) is 0.